The quantitative estimate of drug-likeness (QED) is 0.740. The van der Waals surface area contributed by atoms with Crippen LogP contribution in [-0.2, 0) is 21.4 Å². The molecule has 1 amide bonds. The molecule has 0 unspecified atom stereocenters. The predicted molar refractivity (Wildman–Crippen MR) is 84.0 cm³/mol. The molecule has 0 aromatic heterocycles. The van der Waals surface area contributed by atoms with Crippen molar-refractivity contribution in [1.29, 1.82) is 0 Å². The van der Waals surface area contributed by atoms with E-state index in [2.05, 4.69) is 6.58 Å². The topological polar surface area (TPSA) is 80.5 Å². The van der Waals surface area contributed by atoms with Crippen molar-refractivity contribution in [1.82, 2.24) is 4.90 Å². The largest absolute Gasteiger partial charge is 0.335 e. The van der Waals surface area contributed by atoms with Gasteiger partial charge in [-0.3, -0.25) is 4.79 Å². The van der Waals surface area contributed by atoms with Crippen LogP contribution in [-0.4, -0.2) is 31.5 Å². The summed E-state index contributed by atoms with van der Waals surface area (Å²) in [5.74, 6) is -0.273. The van der Waals surface area contributed by atoms with E-state index in [0.29, 0.717) is 13.1 Å². The van der Waals surface area contributed by atoms with Crippen LogP contribution in [0, 0.1) is 6.92 Å². The van der Waals surface area contributed by atoms with E-state index in [9.17, 15) is 13.2 Å². The van der Waals surface area contributed by atoms with Crippen LogP contribution >= 0.6 is 0 Å². The molecule has 0 atom stereocenters. The van der Waals surface area contributed by atoms with Crippen LogP contribution in [0.25, 0.3) is 0 Å². The third-order valence-electron chi connectivity index (χ3n) is 3.02. The normalized spacial score (nSPS) is 11.1. The molecule has 0 aliphatic rings. The van der Waals surface area contributed by atoms with Gasteiger partial charge in [0, 0.05) is 19.5 Å². The molecule has 0 saturated heterocycles. The maximum Gasteiger partial charge on any atom is 0.223 e. The number of nitrogens with zero attached hydrogens (tertiary/aromatic N) is 1. The molecule has 6 heteroatoms. The van der Waals surface area contributed by atoms with Crippen molar-refractivity contribution in [2.45, 2.75) is 26.3 Å². The molecule has 116 valence electrons. The number of hydrogen-bond donors (Lipinski definition) is 1. The Morgan fingerprint density at radius 2 is 1.95 bits per heavy atom. The van der Waals surface area contributed by atoms with Crippen LogP contribution in [0.3, 0.4) is 0 Å². The Kier molecular flexibility index (Phi) is 6.58. The molecule has 0 aliphatic heterocycles. The van der Waals surface area contributed by atoms with Gasteiger partial charge in [0.25, 0.3) is 0 Å². The minimum Gasteiger partial charge on any atom is -0.335 e. The van der Waals surface area contributed by atoms with Crippen molar-refractivity contribution in [3.05, 3.63) is 48.0 Å². The highest BCUT2D eigenvalue weighted by atomic mass is 32.2. The van der Waals surface area contributed by atoms with Gasteiger partial charge in [-0.05, 0) is 18.9 Å². The maximum atomic E-state index is 12.1. The van der Waals surface area contributed by atoms with Crippen LogP contribution < -0.4 is 5.14 Å². The van der Waals surface area contributed by atoms with E-state index in [1.54, 1.807) is 11.0 Å². The molecule has 1 aromatic rings. The number of aryl methyl sites for hydroxylation is 1. The number of carbonyl (C=O) groups is 1. The average Bonchev–Trinajstić information content (AvgIpc) is 2.39. The SMILES string of the molecule is C=CCN(Cc1ccc(C)cc1)C(=O)CCCS(N)(=O)=O. The lowest BCUT2D eigenvalue weighted by Crippen LogP contribution is -2.31. The zero-order valence-corrected chi connectivity index (χ0v) is 13.1. The van der Waals surface area contributed by atoms with Gasteiger partial charge in [0.05, 0.1) is 5.75 Å². The fourth-order valence-electron chi connectivity index (χ4n) is 1.91. The van der Waals surface area contributed by atoms with Crippen LogP contribution in [0.4, 0.5) is 0 Å². The van der Waals surface area contributed by atoms with Crippen molar-refractivity contribution in [2.75, 3.05) is 12.3 Å². The fourth-order valence-corrected chi connectivity index (χ4v) is 2.45. The first-order chi connectivity index (χ1) is 9.81. The van der Waals surface area contributed by atoms with Gasteiger partial charge in [-0.15, -0.1) is 6.58 Å². The molecule has 0 bridgehead atoms. The molecule has 21 heavy (non-hydrogen) atoms. The van der Waals surface area contributed by atoms with Gasteiger partial charge >= 0.3 is 0 Å². The summed E-state index contributed by atoms with van der Waals surface area (Å²) in [7, 11) is -3.51. The van der Waals surface area contributed by atoms with Crippen molar-refractivity contribution in [3.63, 3.8) is 0 Å². The standard InChI is InChI=1S/C15H22N2O3S/c1-3-10-17(12-14-8-6-13(2)7-9-14)15(18)5-4-11-21(16,19)20/h3,6-9H,1,4-5,10-12H2,2H3,(H2,16,19,20). The summed E-state index contributed by atoms with van der Waals surface area (Å²) < 4.78 is 21.7. The van der Waals surface area contributed by atoms with Crippen molar-refractivity contribution in [2.24, 2.45) is 5.14 Å². The zero-order valence-electron chi connectivity index (χ0n) is 12.3. The van der Waals surface area contributed by atoms with Gasteiger partial charge in [-0.1, -0.05) is 35.9 Å². The van der Waals surface area contributed by atoms with Crippen LogP contribution in [0.15, 0.2) is 36.9 Å². The van der Waals surface area contributed by atoms with Gasteiger partial charge in [0.2, 0.25) is 15.9 Å². The van der Waals surface area contributed by atoms with Gasteiger partial charge < -0.3 is 4.90 Å². The van der Waals surface area contributed by atoms with Crippen molar-refractivity contribution >= 4 is 15.9 Å². The van der Waals surface area contributed by atoms with Crippen LogP contribution in [0.1, 0.15) is 24.0 Å². The fraction of sp³-hybridized carbons (Fsp3) is 0.400. The Labute approximate surface area is 126 Å². The Hall–Kier alpha value is -1.66. The summed E-state index contributed by atoms with van der Waals surface area (Å²) >= 11 is 0. The van der Waals surface area contributed by atoms with E-state index in [1.165, 1.54) is 0 Å². The minimum atomic E-state index is -3.51. The van der Waals surface area contributed by atoms with Crippen LogP contribution in [0.2, 0.25) is 0 Å². The van der Waals surface area contributed by atoms with Gasteiger partial charge in [-0.25, -0.2) is 13.6 Å². The molecule has 1 rings (SSSR count). The maximum absolute atomic E-state index is 12.1. The van der Waals surface area contributed by atoms with Crippen molar-refractivity contribution in [3.8, 4) is 0 Å². The van der Waals surface area contributed by atoms with E-state index in [-0.39, 0.29) is 24.5 Å². The molecule has 0 radical (unpaired) electrons. The summed E-state index contributed by atoms with van der Waals surface area (Å²) in [5, 5.41) is 4.93. The summed E-state index contributed by atoms with van der Waals surface area (Å²) in [4.78, 5) is 13.8. The zero-order chi connectivity index (χ0) is 15.9. The lowest BCUT2D eigenvalue weighted by atomic mass is 10.1. The number of amides is 1. The highest BCUT2D eigenvalue weighted by Gasteiger charge is 2.13. The van der Waals surface area contributed by atoms with Crippen molar-refractivity contribution < 1.29 is 13.2 Å². The molecule has 0 spiro atoms. The highest BCUT2D eigenvalue weighted by molar-refractivity contribution is 7.89. The lowest BCUT2D eigenvalue weighted by molar-refractivity contribution is -0.131. The summed E-state index contributed by atoms with van der Waals surface area (Å²) in [5.41, 5.74) is 2.19. The molecular formula is C15H22N2O3S. The molecule has 0 aliphatic carbocycles. The number of rotatable bonds is 8. The molecular weight excluding hydrogens is 288 g/mol. The Bertz CT molecular complexity index is 579. The second-order valence-electron chi connectivity index (χ2n) is 5.02. The first-order valence-electron chi connectivity index (χ1n) is 6.76. The number of primary sulfonamides is 1. The number of benzene rings is 1. The van der Waals surface area contributed by atoms with Gasteiger partial charge in [-0.2, -0.15) is 0 Å². The highest BCUT2D eigenvalue weighted by Crippen LogP contribution is 2.09. The van der Waals surface area contributed by atoms with Crippen LogP contribution in [0.5, 0.6) is 0 Å². The molecule has 5 nitrogen and oxygen atoms in total. The van der Waals surface area contributed by atoms with E-state index in [0.717, 1.165) is 11.1 Å². The second kappa shape index (κ2) is 7.95. The van der Waals surface area contributed by atoms with E-state index >= 15 is 0 Å². The second-order valence-corrected chi connectivity index (χ2v) is 6.75. The number of carbonyl (C=O) groups excluding carboxylic acids is 1. The Morgan fingerprint density at radius 1 is 1.33 bits per heavy atom. The Morgan fingerprint density at radius 3 is 2.48 bits per heavy atom. The first-order valence-corrected chi connectivity index (χ1v) is 8.48. The number of nitrogens with two attached hydrogens (primary N) is 1. The van der Waals surface area contributed by atoms with E-state index in [1.807, 2.05) is 31.2 Å². The summed E-state index contributed by atoms with van der Waals surface area (Å²) in [6.45, 7) is 6.57. The molecule has 0 saturated carbocycles. The number of sulfonamides is 1. The Balaban J connectivity index is 2.61. The summed E-state index contributed by atoms with van der Waals surface area (Å²) in [6.07, 6.45) is 2.06. The smallest absolute Gasteiger partial charge is 0.223 e. The molecule has 0 heterocycles. The van der Waals surface area contributed by atoms with E-state index < -0.39 is 10.0 Å². The predicted octanol–water partition coefficient (Wildman–Crippen LogP) is 1.58. The lowest BCUT2D eigenvalue weighted by Gasteiger charge is -2.21. The molecule has 0 fully saturated rings. The molecule has 2 N–H and O–H groups in total. The third kappa shape index (κ3) is 7.06. The monoisotopic (exact) mass is 310 g/mol. The van der Waals surface area contributed by atoms with E-state index in [4.69, 9.17) is 5.14 Å². The van der Waals surface area contributed by atoms with Gasteiger partial charge in [0.15, 0.2) is 0 Å². The molecule has 1 aromatic carbocycles. The average molecular weight is 310 g/mol. The van der Waals surface area contributed by atoms with Gasteiger partial charge in [0.1, 0.15) is 0 Å². The minimum absolute atomic E-state index is 0.0980. The first kappa shape index (κ1) is 17.4. The third-order valence-corrected chi connectivity index (χ3v) is 3.87. The number of hydrogen-bond acceptors (Lipinski definition) is 3. The summed E-state index contributed by atoms with van der Waals surface area (Å²) in [6, 6.07) is 7.94.